The predicted molar refractivity (Wildman–Crippen MR) is 97.9 cm³/mol. The quantitative estimate of drug-likeness (QED) is 0.357. The summed E-state index contributed by atoms with van der Waals surface area (Å²) < 4.78 is 15.1. The van der Waals surface area contributed by atoms with Crippen LogP contribution in [-0.4, -0.2) is 36.5 Å². The molecule has 142 valence electrons. The Hall–Kier alpha value is -3.99. The van der Waals surface area contributed by atoms with Gasteiger partial charge in [-0.05, 0) is 35.9 Å². The number of benzene rings is 1. The van der Waals surface area contributed by atoms with Gasteiger partial charge in [0.05, 0.1) is 13.7 Å². The normalized spacial score (nSPS) is 14.7. The number of nitrogens with one attached hydrogen (secondary N) is 1. The number of ether oxygens (including phenoxy) is 2. The molecule has 8 heteroatoms. The molecule has 1 saturated heterocycles. The van der Waals surface area contributed by atoms with Crippen molar-refractivity contribution in [1.29, 1.82) is 0 Å². The molecular formula is C20H16N2O6. The van der Waals surface area contributed by atoms with Gasteiger partial charge in [-0.25, -0.2) is 9.59 Å². The van der Waals surface area contributed by atoms with Crippen LogP contribution in [0.1, 0.15) is 21.9 Å². The number of imide groups is 1. The van der Waals surface area contributed by atoms with E-state index < -0.39 is 17.9 Å². The highest BCUT2D eigenvalue weighted by molar-refractivity contribution is 6.13. The van der Waals surface area contributed by atoms with E-state index in [1.165, 1.54) is 19.2 Å². The molecule has 2 heterocycles. The average Bonchev–Trinajstić information content (AvgIpc) is 3.27. The maximum atomic E-state index is 12.5. The number of hydrogen-bond acceptors (Lipinski definition) is 6. The number of urea groups is 1. The lowest BCUT2D eigenvalue weighted by molar-refractivity contribution is -0.123. The van der Waals surface area contributed by atoms with Crippen molar-refractivity contribution in [2.45, 2.75) is 6.54 Å². The second-order valence-corrected chi connectivity index (χ2v) is 5.70. The van der Waals surface area contributed by atoms with Gasteiger partial charge in [-0.3, -0.25) is 9.69 Å². The van der Waals surface area contributed by atoms with Gasteiger partial charge in [0.15, 0.2) is 0 Å². The zero-order valence-corrected chi connectivity index (χ0v) is 14.9. The van der Waals surface area contributed by atoms with Gasteiger partial charge >= 0.3 is 12.0 Å². The van der Waals surface area contributed by atoms with Gasteiger partial charge in [0.2, 0.25) is 5.76 Å². The molecule has 8 nitrogen and oxygen atoms in total. The summed E-state index contributed by atoms with van der Waals surface area (Å²) in [6.45, 7) is 0.0479. The molecule has 1 aliphatic heterocycles. The second kappa shape index (κ2) is 8.14. The number of rotatable bonds is 6. The smallest absolute Gasteiger partial charge is 0.373 e. The summed E-state index contributed by atoms with van der Waals surface area (Å²) in [5, 5.41) is 2.52. The molecule has 0 aliphatic carbocycles. The Morgan fingerprint density at radius 3 is 2.68 bits per heavy atom. The van der Waals surface area contributed by atoms with Crippen LogP contribution in [0.5, 0.6) is 5.75 Å². The molecule has 1 aromatic carbocycles. The van der Waals surface area contributed by atoms with Crippen molar-refractivity contribution in [3.8, 4) is 18.1 Å². The largest absolute Gasteiger partial charge is 0.481 e. The number of amides is 3. The number of carbonyl (C=O) groups is 3. The van der Waals surface area contributed by atoms with E-state index in [4.69, 9.17) is 15.6 Å². The van der Waals surface area contributed by atoms with E-state index in [-0.39, 0.29) is 30.4 Å². The van der Waals surface area contributed by atoms with Crippen molar-refractivity contribution in [3.05, 3.63) is 59.2 Å². The molecule has 0 atom stereocenters. The van der Waals surface area contributed by atoms with E-state index >= 15 is 0 Å². The third kappa shape index (κ3) is 4.04. The topological polar surface area (TPSA) is 98.1 Å². The fraction of sp³-hybridized carbons (Fsp3) is 0.150. The Kier molecular flexibility index (Phi) is 5.46. The standard InChI is InChI=1S/C20H16N2O6/c1-3-10-27-14-6-4-13(5-7-14)11-16-18(23)22(20(25)21-16)12-15-8-9-17(28-15)19(24)26-2/h1,4-9,11H,10,12H2,2H3,(H,21,25). The summed E-state index contributed by atoms with van der Waals surface area (Å²) in [4.78, 5) is 37.1. The minimum Gasteiger partial charge on any atom is -0.481 e. The zero-order valence-electron chi connectivity index (χ0n) is 14.9. The molecule has 3 rings (SSSR count). The van der Waals surface area contributed by atoms with Crippen LogP contribution in [0.15, 0.2) is 46.5 Å². The van der Waals surface area contributed by atoms with E-state index in [1.54, 1.807) is 30.3 Å². The molecule has 1 aromatic heterocycles. The molecular weight excluding hydrogens is 364 g/mol. The fourth-order valence-corrected chi connectivity index (χ4v) is 2.50. The highest BCUT2D eigenvalue weighted by Gasteiger charge is 2.34. The van der Waals surface area contributed by atoms with Crippen LogP contribution >= 0.6 is 0 Å². The molecule has 0 bridgehead atoms. The minimum atomic E-state index is -0.640. The third-order valence-electron chi connectivity index (χ3n) is 3.84. The summed E-state index contributed by atoms with van der Waals surface area (Å²) in [5.74, 6) is 2.10. The first kappa shape index (κ1) is 18.8. The van der Waals surface area contributed by atoms with Crippen LogP contribution in [0, 0.1) is 12.3 Å². The van der Waals surface area contributed by atoms with Crippen LogP contribution < -0.4 is 10.1 Å². The Morgan fingerprint density at radius 1 is 1.25 bits per heavy atom. The van der Waals surface area contributed by atoms with E-state index in [9.17, 15) is 14.4 Å². The van der Waals surface area contributed by atoms with Crippen LogP contribution in [0.2, 0.25) is 0 Å². The van der Waals surface area contributed by atoms with Crippen molar-refractivity contribution in [1.82, 2.24) is 10.2 Å². The molecule has 1 N–H and O–H groups in total. The highest BCUT2D eigenvalue weighted by atomic mass is 16.5. The molecule has 1 fully saturated rings. The minimum absolute atomic E-state index is 0.00698. The Bertz CT molecular complexity index is 981. The van der Waals surface area contributed by atoms with Gasteiger partial charge in [0.1, 0.15) is 23.8 Å². The number of carbonyl (C=O) groups excluding carboxylic acids is 3. The number of hydrogen-bond donors (Lipinski definition) is 1. The van der Waals surface area contributed by atoms with Gasteiger partial charge in [-0.15, -0.1) is 6.42 Å². The van der Waals surface area contributed by atoms with Crippen molar-refractivity contribution in [3.63, 3.8) is 0 Å². The summed E-state index contributed by atoms with van der Waals surface area (Å²) >= 11 is 0. The third-order valence-corrected chi connectivity index (χ3v) is 3.84. The van der Waals surface area contributed by atoms with Crippen LogP contribution in [0.25, 0.3) is 6.08 Å². The average molecular weight is 380 g/mol. The Balaban J connectivity index is 1.70. The maximum absolute atomic E-state index is 12.5. The Labute approximate surface area is 160 Å². The van der Waals surface area contributed by atoms with Gasteiger partial charge < -0.3 is 19.2 Å². The number of terminal acetylenes is 1. The zero-order chi connectivity index (χ0) is 20.1. The molecule has 0 spiro atoms. The molecule has 0 unspecified atom stereocenters. The number of methoxy groups -OCH3 is 1. The van der Waals surface area contributed by atoms with Gasteiger partial charge in [-0.2, -0.15) is 0 Å². The van der Waals surface area contributed by atoms with Crippen molar-refractivity contribution in [2.24, 2.45) is 0 Å². The predicted octanol–water partition coefficient (Wildman–Crippen LogP) is 2.17. The van der Waals surface area contributed by atoms with Gasteiger partial charge in [-0.1, -0.05) is 18.1 Å². The fourth-order valence-electron chi connectivity index (χ4n) is 2.50. The van der Waals surface area contributed by atoms with Gasteiger partial charge in [0, 0.05) is 0 Å². The van der Waals surface area contributed by atoms with Gasteiger partial charge in [0.25, 0.3) is 5.91 Å². The monoisotopic (exact) mass is 380 g/mol. The number of furan rings is 1. The van der Waals surface area contributed by atoms with Crippen LogP contribution in [-0.2, 0) is 16.1 Å². The summed E-state index contributed by atoms with van der Waals surface area (Å²) in [6, 6.07) is 9.22. The first-order chi connectivity index (χ1) is 13.5. The van der Waals surface area contributed by atoms with E-state index in [1.807, 2.05) is 0 Å². The van der Waals surface area contributed by atoms with Crippen molar-refractivity contribution < 1.29 is 28.3 Å². The van der Waals surface area contributed by atoms with Crippen LogP contribution in [0.3, 0.4) is 0 Å². The summed E-state index contributed by atoms with van der Waals surface area (Å²) in [7, 11) is 1.23. The maximum Gasteiger partial charge on any atom is 0.373 e. The van der Waals surface area contributed by atoms with Crippen LogP contribution in [0.4, 0.5) is 4.79 Å². The van der Waals surface area contributed by atoms with Crippen molar-refractivity contribution >= 4 is 24.0 Å². The molecule has 0 radical (unpaired) electrons. The number of nitrogens with zero attached hydrogens (tertiary/aromatic N) is 1. The van der Waals surface area contributed by atoms with Crippen molar-refractivity contribution in [2.75, 3.05) is 13.7 Å². The lowest BCUT2D eigenvalue weighted by Crippen LogP contribution is -2.30. The molecule has 3 amide bonds. The van der Waals surface area contributed by atoms with E-state index in [0.29, 0.717) is 11.3 Å². The Morgan fingerprint density at radius 2 is 2.00 bits per heavy atom. The highest BCUT2D eigenvalue weighted by Crippen LogP contribution is 2.20. The molecule has 0 saturated carbocycles. The van der Waals surface area contributed by atoms with E-state index in [2.05, 4.69) is 16.0 Å². The number of esters is 1. The molecule has 1 aliphatic rings. The lowest BCUT2D eigenvalue weighted by atomic mass is 10.2. The summed E-state index contributed by atoms with van der Waals surface area (Å²) in [6.07, 6.45) is 6.69. The van der Waals surface area contributed by atoms with E-state index in [0.717, 1.165) is 4.90 Å². The SMILES string of the molecule is C#CCOc1ccc(C=C2NC(=O)N(Cc3ccc(C(=O)OC)o3)C2=O)cc1. The lowest BCUT2D eigenvalue weighted by Gasteiger charge is -2.09. The molecule has 28 heavy (non-hydrogen) atoms. The second-order valence-electron chi connectivity index (χ2n) is 5.70. The first-order valence-electron chi connectivity index (χ1n) is 8.19. The molecule has 2 aromatic rings. The summed E-state index contributed by atoms with van der Waals surface area (Å²) in [5.41, 5.74) is 0.826. The first-order valence-corrected chi connectivity index (χ1v) is 8.19.